The summed E-state index contributed by atoms with van der Waals surface area (Å²) in [6.45, 7) is 1.97. The van der Waals surface area contributed by atoms with Crippen LogP contribution in [0.25, 0.3) is 0 Å². The van der Waals surface area contributed by atoms with Crippen molar-refractivity contribution in [3.8, 4) is 0 Å². The molecule has 0 aromatic heterocycles. The minimum absolute atomic E-state index is 0.103. The molecule has 0 aliphatic heterocycles. The normalized spacial score (nSPS) is 11.2. The Bertz CT molecular complexity index is 770. The number of amides is 1. The molecule has 5 nitrogen and oxygen atoms in total. The van der Waals surface area contributed by atoms with Gasteiger partial charge in [0.05, 0.1) is 11.5 Å². The summed E-state index contributed by atoms with van der Waals surface area (Å²) in [6.07, 6.45) is 1.10. The largest absolute Gasteiger partial charge is 0.275 e. The quantitative estimate of drug-likeness (QED) is 0.858. The van der Waals surface area contributed by atoms with Crippen molar-refractivity contribution in [2.24, 2.45) is 0 Å². The first-order valence-electron chi connectivity index (χ1n) is 6.64. The van der Waals surface area contributed by atoms with E-state index in [4.69, 9.17) is 4.84 Å². The van der Waals surface area contributed by atoms with E-state index < -0.39 is 15.7 Å². The van der Waals surface area contributed by atoms with Crippen LogP contribution < -0.4 is 5.48 Å². The molecule has 116 valence electrons. The first-order chi connectivity index (χ1) is 10.4. The van der Waals surface area contributed by atoms with Gasteiger partial charge in [0.2, 0.25) is 0 Å². The maximum absolute atomic E-state index is 12.1. The van der Waals surface area contributed by atoms with Crippen LogP contribution in [0.1, 0.15) is 21.5 Å². The number of hydroxylamine groups is 1. The molecule has 0 aliphatic rings. The number of aryl methyl sites for hydroxylation is 1. The minimum atomic E-state index is -3.36. The number of carbonyl (C=O) groups is 1. The van der Waals surface area contributed by atoms with Gasteiger partial charge in [-0.25, -0.2) is 13.9 Å². The third kappa shape index (κ3) is 4.16. The predicted molar refractivity (Wildman–Crippen MR) is 83.0 cm³/mol. The van der Waals surface area contributed by atoms with Crippen molar-refractivity contribution in [1.29, 1.82) is 0 Å². The fourth-order valence-corrected chi connectivity index (χ4v) is 2.54. The Morgan fingerprint density at radius 1 is 1.14 bits per heavy atom. The number of nitrogens with one attached hydrogen (secondary N) is 1. The molecule has 0 saturated carbocycles. The lowest BCUT2D eigenvalue weighted by Crippen LogP contribution is -2.24. The molecule has 0 radical (unpaired) electrons. The number of sulfone groups is 1. The zero-order chi connectivity index (χ0) is 16.2. The number of hydrogen-bond acceptors (Lipinski definition) is 4. The van der Waals surface area contributed by atoms with Crippen molar-refractivity contribution in [1.82, 2.24) is 5.48 Å². The lowest BCUT2D eigenvalue weighted by molar-refractivity contribution is 0.0233. The second-order valence-electron chi connectivity index (χ2n) is 4.95. The van der Waals surface area contributed by atoms with Gasteiger partial charge in [-0.15, -0.1) is 0 Å². The molecule has 0 bridgehead atoms. The van der Waals surface area contributed by atoms with E-state index >= 15 is 0 Å². The highest BCUT2D eigenvalue weighted by molar-refractivity contribution is 7.90. The van der Waals surface area contributed by atoms with Crippen LogP contribution in [0.3, 0.4) is 0 Å². The van der Waals surface area contributed by atoms with E-state index in [1.807, 2.05) is 30.3 Å². The minimum Gasteiger partial charge on any atom is -0.269 e. The van der Waals surface area contributed by atoms with Gasteiger partial charge in [-0.3, -0.25) is 9.63 Å². The Kier molecular flexibility index (Phi) is 4.95. The Morgan fingerprint density at radius 2 is 1.82 bits per heavy atom. The number of benzene rings is 2. The van der Waals surface area contributed by atoms with Gasteiger partial charge < -0.3 is 0 Å². The molecule has 0 spiro atoms. The van der Waals surface area contributed by atoms with Crippen LogP contribution in [0.15, 0.2) is 53.4 Å². The summed E-state index contributed by atoms with van der Waals surface area (Å²) in [4.78, 5) is 17.4. The van der Waals surface area contributed by atoms with Gasteiger partial charge in [0, 0.05) is 11.8 Å². The Balaban J connectivity index is 2.06. The zero-order valence-corrected chi connectivity index (χ0v) is 13.2. The van der Waals surface area contributed by atoms with E-state index in [1.165, 1.54) is 12.1 Å². The molecule has 0 atom stereocenters. The molecular formula is C16H17NO4S. The smallest absolute Gasteiger partial charge is 0.269 e. The first kappa shape index (κ1) is 16.2. The summed E-state index contributed by atoms with van der Waals surface area (Å²) >= 11 is 0. The number of rotatable bonds is 5. The van der Waals surface area contributed by atoms with Crippen molar-refractivity contribution in [2.75, 3.05) is 6.26 Å². The molecule has 0 saturated heterocycles. The predicted octanol–water partition coefficient (Wildman–Crippen LogP) is 2.26. The third-order valence-corrected chi connectivity index (χ3v) is 4.24. The molecule has 2 aromatic rings. The summed E-state index contributed by atoms with van der Waals surface area (Å²) in [6, 6.07) is 13.8. The van der Waals surface area contributed by atoms with E-state index in [0.29, 0.717) is 5.56 Å². The molecule has 22 heavy (non-hydrogen) atoms. The molecular weight excluding hydrogens is 302 g/mol. The van der Waals surface area contributed by atoms with Crippen molar-refractivity contribution in [3.63, 3.8) is 0 Å². The molecule has 6 heteroatoms. The Labute approximate surface area is 129 Å². The SMILES string of the molecule is Cc1ccc(S(C)(=O)=O)cc1C(=O)NOCc1ccccc1. The average Bonchev–Trinajstić information content (AvgIpc) is 2.47. The molecule has 2 aromatic carbocycles. The van der Waals surface area contributed by atoms with Gasteiger partial charge in [0.25, 0.3) is 5.91 Å². The summed E-state index contributed by atoms with van der Waals surface area (Å²) in [5.41, 5.74) is 4.20. The fraction of sp³-hybridized carbons (Fsp3) is 0.188. The van der Waals surface area contributed by atoms with Gasteiger partial charge in [-0.05, 0) is 30.2 Å². The highest BCUT2D eigenvalue weighted by Gasteiger charge is 2.14. The second kappa shape index (κ2) is 6.72. The van der Waals surface area contributed by atoms with Crippen LogP contribution in [0, 0.1) is 6.92 Å². The summed E-state index contributed by atoms with van der Waals surface area (Å²) < 4.78 is 23.1. The van der Waals surface area contributed by atoms with Gasteiger partial charge in [-0.2, -0.15) is 0 Å². The van der Waals surface area contributed by atoms with Crippen molar-refractivity contribution in [2.45, 2.75) is 18.4 Å². The fourth-order valence-electron chi connectivity index (χ4n) is 1.89. The van der Waals surface area contributed by atoms with Gasteiger partial charge in [0.1, 0.15) is 0 Å². The van der Waals surface area contributed by atoms with Gasteiger partial charge in [0.15, 0.2) is 9.84 Å². The average molecular weight is 319 g/mol. The lowest BCUT2D eigenvalue weighted by Gasteiger charge is -2.09. The van der Waals surface area contributed by atoms with Gasteiger partial charge in [-0.1, -0.05) is 36.4 Å². The molecule has 0 aliphatic carbocycles. The highest BCUT2D eigenvalue weighted by atomic mass is 32.2. The van der Waals surface area contributed by atoms with Crippen LogP contribution in [-0.4, -0.2) is 20.6 Å². The van der Waals surface area contributed by atoms with Gasteiger partial charge >= 0.3 is 0 Å². The first-order valence-corrected chi connectivity index (χ1v) is 8.54. The topological polar surface area (TPSA) is 72.5 Å². The summed E-state index contributed by atoms with van der Waals surface area (Å²) in [5, 5.41) is 0. The lowest BCUT2D eigenvalue weighted by atomic mass is 10.1. The van der Waals surface area contributed by atoms with Crippen molar-refractivity contribution >= 4 is 15.7 Å². The molecule has 1 amide bonds. The summed E-state index contributed by atoms with van der Waals surface area (Å²) in [5.74, 6) is -0.473. The third-order valence-electron chi connectivity index (χ3n) is 3.13. The molecule has 0 fully saturated rings. The van der Waals surface area contributed by atoms with E-state index in [1.54, 1.807) is 13.0 Å². The monoisotopic (exact) mass is 319 g/mol. The van der Waals surface area contributed by atoms with E-state index in [-0.39, 0.29) is 17.1 Å². The number of carbonyl (C=O) groups excluding carboxylic acids is 1. The Hall–Kier alpha value is -2.18. The number of hydrogen-bond donors (Lipinski definition) is 1. The highest BCUT2D eigenvalue weighted by Crippen LogP contribution is 2.15. The van der Waals surface area contributed by atoms with Crippen molar-refractivity contribution in [3.05, 3.63) is 65.2 Å². The van der Waals surface area contributed by atoms with Crippen LogP contribution in [0.4, 0.5) is 0 Å². The molecule has 2 rings (SSSR count). The maximum atomic E-state index is 12.1. The van der Waals surface area contributed by atoms with Crippen LogP contribution >= 0.6 is 0 Å². The second-order valence-corrected chi connectivity index (χ2v) is 6.97. The maximum Gasteiger partial charge on any atom is 0.275 e. The molecule has 1 N–H and O–H groups in total. The van der Waals surface area contributed by atoms with Crippen molar-refractivity contribution < 1.29 is 18.0 Å². The summed E-state index contributed by atoms with van der Waals surface area (Å²) in [7, 11) is -3.36. The van der Waals surface area contributed by atoms with Crippen LogP contribution in [0.5, 0.6) is 0 Å². The van der Waals surface area contributed by atoms with Crippen LogP contribution in [-0.2, 0) is 21.3 Å². The van der Waals surface area contributed by atoms with E-state index in [9.17, 15) is 13.2 Å². The van der Waals surface area contributed by atoms with E-state index in [0.717, 1.165) is 11.8 Å². The van der Waals surface area contributed by atoms with Crippen LogP contribution in [0.2, 0.25) is 0 Å². The molecule has 0 unspecified atom stereocenters. The zero-order valence-electron chi connectivity index (χ0n) is 12.4. The standard InChI is InChI=1S/C16H17NO4S/c1-12-8-9-14(22(2,19)20)10-15(12)16(18)17-21-11-13-6-4-3-5-7-13/h3-10H,11H2,1-2H3,(H,17,18). The molecule has 0 heterocycles. The van der Waals surface area contributed by atoms with E-state index in [2.05, 4.69) is 5.48 Å². The Morgan fingerprint density at radius 3 is 2.45 bits per heavy atom.